The maximum Gasteiger partial charge on any atom is 0.230 e. The van der Waals surface area contributed by atoms with Crippen LogP contribution in [-0.2, 0) is 9.59 Å². The van der Waals surface area contributed by atoms with Gasteiger partial charge in [0.05, 0.1) is 23.3 Å². The van der Waals surface area contributed by atoms with E-state index in [1.54, 1.807) is 36.4 Å². The molecule has 0 heterocycles. The van der Waals surface area contributed by atoms with Gasteiger partial charge in [0.1, 0.15) is 17.4 Å². The lowest BCUT2D eigenvalue weighted by molar-refractivity contribution is -0.177. The van der Waals surface area contributed by atoms with Gasteiger partial charge < -0.3 is 31.3 Å². The van der Waals surface area contributed by atoms with Crippen LogP contribution >= 0.6 is 11.6 Å². The molecule has 1 fully saturated rings. The number of hydrogen-bond donors (Lipinski definition) is 6. The Morgan fingerprint density at radius 3 is 2.39 bits per heavy atom. The van der Waals surface area contributed by atoms with Gasteiger partial charge in [0, 0.05) is 16.9 Å². The number of hydrogen-bond acceptors (Lipinski definition) is 8. The average molecular weight is 512 g/mol. The van der Waals surface area contributed by atoms with Gasteiger partial charge in [-0.1, -0.05) is 41.9 Å². The molecule has 7 N–H and O–H groups in total. The summed E-state index contributed by atoms with van der Waals surface area (Å²) >= 11 is 5.99. The fraction of sp³-hybridized carbons (Fsp3) is 0.269. The van der Waals surface area contributed by atoms with E-state index >= 15 is 0 Å². The fourth-order valence-electron chi connectivity index (χ4n) is 5.73. The van der Waals surface area contributed by atoms with Crippen LogP contribution in [0.2, 0.25) is 5.02 Å². The smallest absolute Gasteiger partial charge is 0.230 e. The van der Waals surface area contributed by atoms with Gasteiger partial charge in [-0.15, -0.1) is 0 Å². The highest BCUT2D eigenvalue weighted by molar-refractivity contribution is 6.30. The van der Waals surface area contributed by atoms with Crippen molar-refractivity contribution < 1.29 is 39.9 Å². The van der Waals surface area contributed by atoms with Gasteiger partial charge in [-0.3, -0.25) is 14.4 Å². The van der Waals surface area contributed by atoms with E-state index in [1.807, 2.05) is 0 Å². The Morgan fingerprint density at radius 2 is 1.75 bits per heavy atom. The minimum atomic E-state index is -2.84. The first-order valence-corrected chi connectivity index (χ1v) is 11.6. The standard InChI is InChI=1S/C26H22ClNO8/c27-11-6-4-10(5-7-11)8-13-12-2-1-3-15(29)17(12)22(32)20-18(13)21(31)14-9-16(30)19(25(28)35)23(33)26(14,36)24(20)34/h1-8,14,16,18-19,21,29-31,34,36H,9H2,(H2,28,35)/b13-8+/t14-,16?,18-,19?,21-,26-/m1/s1. The van der Waals surface area contributed by atoms with Crippen LogP contribution in [0.15, 0.2) is 53.8 Å². The van der Waals surface area contributed by atoms with Gasteiger partial charge in [0.2, 0.25) is 5.91 Å². The maximum absolute atomic E-state index is 13.6. The fourth-order valence-corrected chi connectivity index (χ4v) is 5.86. The summed E-state index contributed by atoms with van der Waals surface area (Å²) in [5.74, 6) is -9.37. The predicted molar refractivity (Wildman–Crippen MR) is 128 cm³/mol. The maximum atomic E-state index is 13.6. The molecule has 1 saturated carbocycles. The number of fused-ring (bicyclic) bond motifs is 3. The molecule has 9 nitrogen and oxygen atoms in total. The van der Waals surface area contributed by atoms with Crippen LogP contribution in [-0.4, -0.2) is 60.8 Å². The van der Waals surface area contributed by atoms with Gasteiger partial charge in [-0.2, -0.15) is 0 Å². The number of aliphatic hydroxyl groups excluding tert-OH is 3. The molecule has 3 aliphatic rings. The Hall–Kier alpha value is -3.50. The first-order chi connectivity index (χ1) is 17.0. The molecule has 5 rings (SSSR count). The van der Waals surface area contributed by atoms with Crippen molar-refractivity contribution in [2.45, 2.75) is 24.2 Å². The van der Waals surface area contributed by atoms with Gasteiger partial charge in [-0.25, -0.2) is 0 Å². The van der Waals surface area contributed by atoms with Crippen molar-refractivity contribution in [3.8, 4) is 5.75 Å². The lowest BCUT2D eigenvalue weighted by Crippen LogP contribution is -2.66. The number of aromatic hydroxyl groups is 1. The number of carbonyl (C=O) groups is 3. The number of benzene rings is 2. The summed E-state index contributed by atoms with van der Waals surface area (Å²) in [7, 11) is 0. The van der Waals surface area contributed by atoms with E-state index in [4.69, 9.17) is 17.3 Å². The Kier molecular flexibility index (Phi) is 5.57. The minimum Gasteiger partial charge on any atom is -0.508 e. The van der Waals surface area contributed by atoms with Gasteiger partial charge in [-0.05, 0) is 41.3 Å². The zero-order valence-corrected chi connectivity index (χ0v) is 19.4. The monoisotopic (exact) mass is 511 g/mol. The van der Waals surface area contributed by atoms with E-state index < -0.39 is 76.5 Å². The summed E-state index contributed by atoms with van der Waals surface area (Å²) in [4.78, 5) is 38.6. The van der Waals surface area contributed by atoms with Crippen molar-refractivity contribution in [1.82, 2.24) is 0 Å². The van der Waals surface area contributed by atoms with E-state index in [0.717, 1.165) is 0 Å². The molecule has 186 valence electrons. The van der Waals surface area contributed by atoms with Crippen molar-refractivity contribution in [3.63, 3.8) is 0 Å². The van der Waals surface area contributed by atoms with Gasteiger partial charge >= 0.3 is 0 Å². The summed E-state index contributed by atoms with van der Waals surface area (Å²) in [5.41, 5.74) is 3.00. The van der Waals surface area contributed by atoms with Crippen molar-refractivity contribution in [2.75, 3.05) is 0 Å². The largest absolute Gasteiger partial charge is 0.508 e. The molecule has 36 heavy (non-hydrogen) atoms. The number of ketones is 2. The molecule has 6 atom stereocenters. The second kappa shape index (κ2) is 8.28. The molecule has 0 aromatic heterocycles. The van der Waals surface area contributed by atoms with Gasteiger partial charge in [0.15, 0.2) is 17.2 Å². The molecule has 0 spiro atoms. The molecule has 0 saturated heterocycles. The number of aliphatic hydroxyl groups is 4. The number of Topliss-reactive ketones (excluding diaryl/α,β-unsaturated/α-hetero) is 2. The molecule has 3 aliphatic carbocycles. The summed E-state index contributed by atoms with van der Waals surface area (Å²) in [6.45, 7) is 0. The van der Waals surface area contributed by atoms with Crippen molar-refractivity contribution in [1.29, 1.82) is 0 Å². The zero-order chi connectivity index (χ0) is 26.1. The highest BCUT2D eigenvalue weighted by Crippen LogP contribution is 2.55. The molecule has 0 aliphatic heterocycles. The van der Waals surface area contributed by atoms with Crippen LogP contribution in [0.4, 0.5) is 0 Å². The van der Waals surface area contributed by atoms with Crippen LogP contribution in [0.3, 0.4) is 0 Å². The average Bonchev–Trinajstić information content (AvgIpc) is 2.82. The Morgan fingerprint density at radius 1 is 1.08 bits per heavy atom. The van der Waals surface area contributed by atoms with Crippen molar-refractivity contribution >= 4 is 40.7 Å². The van der Waals surface area contributed by atoms with Crippen LogP contribution in [0.5, 0.6) is 5.75 Å². The molecule has 2 aromatic rings. The third-order valence-electron chi connectivity index (χ3n) is 7.41. The number of phenolic OH excluding ortho intramolecular Hbond substituents is 1. The third-order valence-corrected chi connectivity index (χ3v) is 7.67. The van der Waals surface area contributed by atoms with E-state index in [1.165, 1.54) is 12.1 Å². The van der Waals surface area contributed by atoms with E-state index in [2.05, 4.69) is 0 Å². The summed E-state index contributed by atoms with van der Waals surface area (Å²) in [6.07, 6.45) is -2.05. The van der Waals surface area contributed by atoms with Crippen LogP contribution < -0.4 is 5.73 Å². The number of amides is 1. The zero-order valence-electron chi connectivity index (χ0n) is 18.6. The molecular formula is C26H22ClNO8. The topological polar surface area (TPSA) is 178 Å². The van der Waals surface area contributed by atoms with E-state index in [-0.39, 0.29) is 5.56 Å². The van der Waals surface area contributed by atoms with Crippen molar-refractivity contribution in [2.24, 2.45) is 23.5 Å². The lowest BCUT2D eigenvalue weighted by Gasteiger charge is -2.51. The molecule has 1 amide bonds. The second-order valence-electron chi connectivity index (χ2n) is 9.33. The van der Waals surface area contributed by atoms with Crippen LogP contribution in [0, 0.1) is 17.8 Å². The summed E-state index contributed by atoms with van der Waals surface area (Å²) in [6, 6.07) is 11.0. The number of carbonyl (C=O) groups excluding carboxylic acids is 3. The van der Waals surface area contributed by atoms with E-state index in [0.29, 0.717) is 21.7 Å². The Labute approximate surface area is 209 Å². The molecule has 0 bridgehead atoms. The molecule has 2 aromatic carbocycles. The molecular weight excluding hydrogens is 490 g/mol. The number of primary amides is 1. The number of halogens is 1. The number of rotatable bonds is 2. The SMILES string of the molecule is NC(=O)C1C(=O)[C@@]2(O)C(O)=C3C(=O)c4c(O)cccc4/C(=C\c4ccc(Cl)cc4)[C@H]3[C@H](O)[C@H]2CC1O. The first-order valence-electron chi connectivity index (χ1n) is 11.2. The third kappa shape index (κ3) is 3.24. The lowest BCUT2D eigenvalue weighted by atomic mass is 9.55. The molecule has 10 heteroatoms. The summed E-state index contributed by atoms with van der Waals surface area (Å²) in [5, 5.41) is 55.7. The van der Waals surface area contributed by atoms with Crippen LogP contribution in [0.1, 0.15) is 27.9 Å². The summed E-state index contributed by atoms with van der Waals surface area (Å²) < 4.78 is 0. The predicted octanol–water partition coefficient (Wildman–Crippen LogP) is 1.37. The first kappa shape index (κ1) is 24.2. The quantitative estimate of drug-likeness (QED) is 0.327. The normalized spacial score (nSPS) is 32.7. The molecule has 2 unspecified atom stereocenters. The number of nitrogens with two attached hydrogens (primary N) is 1. The Balaban J connectivity index is 1.80. The number of phenols is 1. The molecule has 0 radical (unpaired) electrons. The van der Waals surface area contributed by atoms with Gasteiger partial charge in [0.25, 0.3) is 0 Å². The van der Waals surface area contributed by atoms with Crippen LogP contribution in [0.25, 0.3) is 11.6 Å². The van der Waals surface area contributed by atoms with E-state index in [9.17, 15) is 39.9 Å². The highest BCUT2D eigenvalue weighted by Gasteiger charge is 2.65. The van der Waals surface area contributed by atoms with Crippen molar-refractivity contribution in [3.05, 3.63) is 75.5 Å². The highest BCUT2D eigenvalue weighted by atomic mass is 35.5. The second-order valence-corrected chi connectivity index (χ2v) is 9.77. The Bertz CT molecular complexity index is 1380. The minimum absolute atomic E-state index is 0.181.